The maximum atomic E-state index is 13.0. The number of amides is 1. The number of carbonyl (C=O) groups excluding carboxylic acids is 1. The molecule has 2 heterocycles. The molecule has 0 bridgehead atoms. The molecule has 27 heavy (non-hydrogen) atoms. The Morgan fingerprint density at radius 3 is 2.81 bits per heavy atom. The average Bonchev–Trinajstić information content (AvgIpc) is 3.20. The highest BCUT2D eigenvalue weighted by Gasteiger charge is 2.27. The number of anilines is 1. The fourth-order valence-corrected chi connectivity index (χ4v) is 3.93. The first kappa shape index (κ1) is 18.9. The molecule has 1 atom stereocenters. The lowest BCUT2D eigenvalue weighted by atomic mass is 10.1. The smallest absolute Gasteiger partial charge is 0.268 e. The van der Waals surface area contributed by atoms with Crippen LogP contribution < -0.4 is 4.90 Å². The van der Waals surface area contributed by atoms with Gasteiger partial charge in [0.05, 0.1) is 12.6 Å². The molecule has 0 N–H and O–H groups in total. The van der Waals surface area contributed by atoms with E-state index in [2.05, 4.69) is 17.6 Å². The topological polar surface area (TPSA) is 58.3 Å². The Hall–Kier alpha value is -2.84. The summed E-state index contributed by atoms with van der Waals surface area (Å²) in [7, 11) is 1.69. The summed E-state index contributed by atoms with van der Waals surface area (Å²) in [5.74, 6) is -0.239. The summed E-state index contributed by atoms with van der Waals surface area (Å²) >= 11 is 0. The lowest BCUT2D eigenvalue weighted by Crippen LogP contribution is -2.29. The van der Waals surface area contributed by atoms with E-state index >= 15 is 0 Å². The predicted octanol–water partition coefficient (Wildman–Crippen LogP) is 3.81. The van der Waals surface area contributed by atoms with E-state index in [4.69, 9.17) is 4.74 Å². The highest BCUT2D eigenvalue weighted by atomic mass is 16.5. The summed E-state index contributed by atoms with van der Waals surface area (Å²) < 4.78 is 7.45. The monoisotopic (exact) mass is 363 g/mol. The van der Waals surface area contributed by atoms with Crippen LogP contribution in [0.2, 0.25) is 0 Å². The number of ether oxygens (including phenoxy) is 1. The maximum absolute atomic E-state index is 13.0. The molecular weight excluding hydrogens is 338 g/mol. The number of para-hydroxylation sites is 1. The van der Waals surface area contributed by atoms with Crippen molar-refractivity contribution in [3.05, 3.63) is 58.4 Å². The second-order valence-electron chi connectivity index (χ2n) is 7.01. The quantitative estimate of drug-likeness (QED) is 0.599. The van der Waals surface area contributed by atoms with E-state index in [1.165, 1.54) is 0 Å². The zero-order valence-electron chi connectivity index (χ0n) is 16.3. The summed E-state index contributed by atoms with van der Waals surface area (Å²) in [4.78, 5) is 14.7. The molecule has 140 valence electrons. The van der Waals surface area contributed by atoms with Gasteiger partial charge in [0.2, 0.25) is 0 Å². The van der Waals surface area contributed by atoms with E-state index in [0.717, 1.165) is 34.6 Å². The minimum absolute atomic E-state index is 0.159. The van der Waals surface area contributed by atoms with E-state index in [1.807, 2.05) is 44.2 Å². The number of rotatable bonds is 5. The Morgan fingerprint density at radius 2 is 2.11 bits per heavy atom. The van der Waals surface area contributed by atoms with Crippen LogP contribution in [0.1, 0.15) is 35.5 Å². The maximum Gasteiger partial charge on any atom is 0.268 e. The van der Waals surface area contributed by atoms with Crippen LogP contribution in [0.25, 0.3) is 6.08 Å². The van der Waals surface area contributed by atoms with Gasteiger partial charge in [0.15, 0.2) is 0 Å². The van der Waals surface area contributed by atoms with Crippen LogP contribution in [-0.4, -0.2) is 30.7 Å². The molecule has 0 fully saturated rings. The third-order valence-corrected chi connectivity index (χ3v) is 5.16. The zero-order valence-corrected chi connectivity index (χ0v) is 16.3. The molecule has 1 unspecified atom stereocenters. The molecule has 1 aliphatic rings. The number of nitriles is 1. The Balaban J connectivity index is 1.93. The van der Waals surface area contributed by atoms with Gasteiger partial charge in [0.1, 0.15) is 11.6 Å². The Kier molecular flexibility index (Phi) is 5.48. The molecule has 0 spiro atoms. The summed E-state index contributed by atoms with van der Waals surface area (Å²) in [5, 5.41) is 9.63. The molecule has 1 amide bonds. The van der Waals surface area contributed by atoms with Crippen LogP contribution in [0.5, 0.6) is 0 Å². The molecule has 1 aromatic carbocycles. The third kappa shape index (κ3) is 3.54. The second kappa shape index (κ2) is 7.81. The van der Waals surface area contributed by atoms with Crippen LogP contribution in [0.3, 0.4) is 0 Å². The molecule has 2 aromatic rings. The molecule has 3 rings (SSSR count). The molecule has 0 radical (unpaired) electrons. The fourth-order valence-electron chi connectivity index (χ4n) is 3.93. The van der Waals surface area contributed by atoms with Gasteiger partial charge < -0.3 is 14.2 Å². The van der Waals surface area contributed by atoms with E-state index in [1.54, 1.807) is 18.1 Å². The Labute approximate surface area is 160 Å². The number of aryl methyl sites for hydroxylation is 1. The van der Waals surface area contributed by atoms with E-state index in [-0.39, 0.29) is 17.5 Å². The Morgan fingerprint density at radius 1 is 1.37 bits per heavy atom. The van der Waals surface area contributed by atoms with Crippen molar-refractivity contribution in [2.24, 2.45) is 0 Å². The van der Waals surface area contributed by atoms with Crippen molar-refractivity contribution < 1.29 is 9.53 Å². The van der Waals surface area contributed by atoms with Gasteiger partial charge in [0.25, 0.3) is 5.91 Å². The van der Waals surface area contributed by atoms with Gasteiger partial charge in [-0.3, -0.25) is 4.79 Å². The van der Waals surface area contributed by atoms with Crippen molar-refractivity contribution in [1.82, 2.24) is 4.57 Å². The molecule has 5 nitrogen and oxygen atoms in total. The van der Waals surface area contributed by atoms with Crippen molar-refractivity contribution in [1.29, 1.82) is 5.26 Å². The van der Waals surface area contributed by atoms with Gasteiger partial charge in [-0.25, -0.2) is 0 Å². The van der Waals surface area contributed by atoms with E-state index in [9.17, 15) is 10.1 Å². The SMILES string of the molecule is COCC(C)n1c(C)cc(/C=C(\C#N)C(=O)N2CCc3ccccc32)c1C. The van der Waals surface area contributed by atoms with Gasteiger partial charge in [-0.05, 0) is 56.5 Å². The lowest BCUT2D eigenvalue weighted by Gasteiger charge is -2.18. The molecule has 5 heteroatoms. The van der Waals surface area contributed by atoms with Crippen molar-refractivity contribution in [2.75, 3.05) is 25.2 Å². The minimum Gasteiger partial charge on any atom is -0.383 e. The highest BCUT2D eigenvalue weighted by Crippen LogP contribution is 2.29. The number of benzene rings is 1. The summed E-state index contributed by atoms with van der Waals surface area (Å²) in [6.07, 6.45) is 2.53. The normalized spacial score (nSPS) is 14.8. The van der Waals surface area contributed by atoms with Crippen LogP contribution in [0.15, 0.2) is 35.9 Å². The van der Waals surface area contributed by atoms with Crippen molar-refractivity contribution in [3.63, 3.8) is 0 Å². The van der Waals surface area contributed by atoms with Crippen LogP contribution in [0.4, 0.5) is 5.69 Å². The predicted molar refractivity (Wildman–Crippen MR) is 107 cm³/mol. The van der Waals surface area contributed by atoms with Gasteiger partial charge in [-0.2, -0.15) is 5.26 Å². The van der Waals surface area contributed by atoms with Gasteiger partial charge in [-0.15, -0.1) is 0 Å². The zero-order chi connectivity index (χ0) is 19.6. The fraction of sp³-hybridized carbons (Fsp3) is 0.364. The van der Waals surface area contributed by atoms with Crippen LogP contribution >= 0.6 is 0 Å². The number of hydrogen-bond donors (Lipinski definition) is 0. The van der Waals surface area contributed by atoms with Crippen molar-refractivity contribution in [3.8, 4) is 6.07 Å². The van der Waals surface area contributed by atoms with E-state index in [0.29, 0.717) is 13.2 Å². The standard InChI is InChI=1S/C22H25N3O2/c1-15-11-19(17(3)25(15)16(2)14-27-4)12-20(13-23)22(26)24-10-9-18-7-5-6-8-21(18)24/h5-8,11-12,16H,9-10,14H2,1-4H3/b20-12+. The summed E-state index contributed by atoms with van der Waals surface area (Å²) in [6.45, 7) is 7.35. The molecule has 0 saturated carbocycles. The average molecular weight is 363 g/mol. The number of methoxy groups -OCH3 is 1. The molecule has 1 aromatic heterocycles. The molecule has 1 aliphatic heterocycles. The summed E-state index contributed by atoms with van der Waals surface area (Å²) in [5.41, 5.74) is 5.22. The third-order valence-electron chi connectivity index (χ3n) is 5.16. The first-order chi connectivity index (χ1) is 13.0. The first-order valence-corrected chi connectivity index (χ1v) is 9.16. The minimum atomic E-state index is -0.239. The van der Waals surface area contributed by atoms with Crippen LogP contribution in [-0.2, 0) is 16.0 Å². The number of nitrogens with zero attached hydrogens (tertiary/aromatic N) is 3. The van der Waals surface area contributed by atoms with E-state index < -0.39 is 0 Å². The number of aromatic nitrogens is 1. The second-order valence-corrected chi connectivity index (χ2v) is 7.01. The number of fused-ring (bicyclic) bond motifs is 1. The van der Waals surface area contributed by atoms with Crippen molar-refractivity contribution >= 4 is 17.7 Å². The lowest BCUT2D eigenvalue weighted by molar-refractivity contribution is -0.114. The van der Waals surface area contributed by atoms with Crippen LogP contribution in [0, 0.1) is 25.2 Å². The molecule has 0 saturated heterocycles. The molecular formula is C22H25N3O2. The number of hydrogen-bond acceptors (Lipinski definition) is 3. The van der Waals surface area contributed by atoms with Gasteiger partial charge in [-0.1, -0.05) is 18.2 Å². The first-order valence-electron chi connectivity index (χ1n) is 9.16. The van der Waals surface area contributed by atoms with Gasteiger partial charge >= 0.3 is 0 Å². The number of carbonyl (C=O) groups is 1. The molecule has 0 aliphatic carbocycles. The highest BCUT2D eigenvalue weighted by molar-refractivity contribution is 6.12. The van der Waals surface area contributed by atoms with Crippen molar-refractivity contribution in [2.45, 2.75) is 33.2 Å². The summed E-state index contributed by atoms with van der Waals surface area (Å²) in [6, 6.07) is 12.2. The Bertz CT molecular complexity index is 934. The largest absolute Gasteiger partial charge is 0.383 e. The van der Waals surface area contributed by atoms with Gasteiger partial charge in [0, 0.05) is 30.7 Å².